The van der Waals surface area contributed by atoms with Crippen LogP contribution >= 0.6 is 0 Å². The highest BCUT2D eigenvalue weighted by molar-refractivity contribution is 5.77. The second-order valence-corrected chi connectivity index (χ2v) is 4.46. The van der Waals surface area contributed by atoms with E-state index in [1.165, 1.54) is 0 Å². The number of amides is 2. The number of aromatic amines is 1. The fraction of sp³-hybridized carbons (Fsp3) is 0.583. The average Bonchev–Trinajstić information content (AvgIpc) is 2.89. The van der Waals surface area contributed by atoms with Crippen LogP contribution in [0.25, 0.3) is 0 Å². The largest absolute Gasteiger partial charge is 0.348 e. The second-order valence-electron chi connectivity index (χ2n) is 4.46. The van der Waals surface area contributed by atoms with Gasteiger partial charge in [-0.15, -0.1) is 0 Å². The molecule has 1 aromatic rings. The molecule has 18 heavy (non-hydrogen) atoms. The van der Waals surface area contributed by atoms with Crippen LogP contribution in [0.2, 0.25) is 0 Å². The SMILES string of the molecule is CC(=O)N1CCN(C(=O)CCc2cnc[nH]2)CC1. The third-order valence-corrected chi connectivity index (χ3v) is 3.24. The van der Waals surface area contributed by atoms with Crippen molar-refractivity contribution in [2.24, 2.45) is 0 Å². The number of aromatic nitrogens is 2. The zero-order valence-corrected chi connectivity index (χ0v) is 10.6. The Kier molecular flexibility index (Phi) is 3.96. The monoisotopic (exact) mass is 250 g/mol. The molecule has 0 aliphatic carbocycles. The number of imidazole rings is 1. The summed E-state index contributed by atoms with van der Waals surface area (Å²) in [6.45, 7) is 4.13. The highest BCUT2D eigenvalue weighted by Crippen LogP contribution is 2.06. The minimum absolute atomic E-state index is 0.0829. The van der Waals surface area contributed by atoms with Gasteiger partial charge < -0.3 is 14.8 Å². The van der Waals surface area contributed by atoms with Crippen LogP contribution in [0.5, 0.6) is 0 Å². The van der Waals surface area contributed by atoms with E-state index in [4.69, 9.17) is 0 Å². The van der Waals surface area contributed by atoms with Crippen LogP contribution in [0.15, 0.2) is 12.5 Å². The van der Waals surface area contributed by atoms with Gasteiger partial charge in [-0.25, -0.2) is 4.98 Å². The summed E-state index contributed by atoms with van der Waals surface area (Å²) in [5.41, 5.74) is 0.978. The van der Waals surface area contributed by atoms with E-state index >= 15 is 0 Å². The molecule has 0 unspecified atom stereocenters. The third-order valence-electron chi connectivity index (χ3n) is 3.24. The van der Waals surface area contributed by atoms with Gasteiger partial charge in [0.15, 0.2) is 0 Å². The van der Waals surface area contributed by atoms with E-state index in [2.05, 4.69) is 9.97 Å². The van der Waals surface area contributed by atoms with Gasteiger partial charge in [-0.2, -0.15) is 0 Å². The highest BCUT2D eigenvalue weighted by Gasteiger charge is 2.21. The lowest BCUT2D eigenvalue weighted by molar-refractivity contribution is -0.138. The normalized spacial score (nSPS) is 15.8. The number of H-pyrrole nitrogens is 1. The van der Waals surface area contributed by atoms with E-state index in [0.717, 1.165) is 5.69 Å². The van der Waals surface area contributed by atoms with E-state index in [9.17, 15) is 9.59 Å². The Balaban J connectivity index is 1.75. The molecule has 98 valence electrons. The highest BCUT2D eigenvalue weighted by atomic mass is 16.2. The van der Waals surface area contributed by atoms with Crippen LogP contribution in [0.1, 0.15) is 19.0 Å². The van der Waals surface area contributed by atoms with Gasteiger partial charge in [0, 0.05) is 51.4 Å². The number of rotatable bonds is 3. The van der Waals surface area contributed by atoms with Crippen LogP contribution < -0.4 is 0 Å². The molecule has 1 aliphatic rings. The first kappa shape index (κ1) is 12.6. The van der Waals surface area contributed by atoms with Gasteiger partial charge in [0.2, 0.25) is 11.8 Å². The second kappa shape index (κ2) is 5.66. The first-order valence-corrected chi connectivity index (χ1v) is 6.17. The molecule has 6 nitrogen and oxygen atoms in total. The molecule has 6 heteroatoms. The Hall–Kier alpha value is -1.85. The van der Waals surface area contributed by atoms with Crippen molar-refractivity contribution in [2.45, 2.75) is 19.8 Å². The quantitative estimate of drug-likeness (QED) is 0.823. The van der Waals surface area contributed by atoms with E-state index < -0.39 is 0 Å². The number of aryl methyl sites for hydroxylation is 1. The minimum Gasteiger partial charge on any atom is -0.348 e. The molecular weight excluding hydrogens is 232 g/mol. The third kappa shape index (κ3) is 3.09. The van der Waals surface area contributed by atoms with Crippen molar-refractivity contribution in [3.63, 3.8) is 0 Å². The maximum atomic E-state index is 12.0. The Morgan fingerprint density at radius 1 is 1.28 bits per heavy atom. The van der Waals surface area contributed by atoms with Gasteiger partial charge >= 0.3 is 0 Å². The van der Waals surface area contributed by atoms with Crippen LogP contribution in [0.3, 0.4) is 0 Å². The Bertz CT molecular complexity index is 408. The number of piperazine rings is 1. The van der Waals surface area contributed by atoms with E-state index in [1.807, 2.05) is 4.90 Å². The lowest BCUT2D eigenvalue weighted by Gasteiger charge is -2.34. The lowest BCUT2D eigenvalue weighted by Crippen LogP contribution is -2.50. The van der Waals surface area contributed by atoms with Gasteiger partial charge in [0.1, 0.15) is 0 Å². The predicted molar refractivity (Wildman–Crippen MR) is 65.7 cm³/mol. The van der Waals surface area contributed by atoms with Crippen molar-refractivity contribution in [1.29, 1.82) is 0 Å². The number of hydrogen-bond donors (Lipinski definition) is 1. The molecule has 0 saturated carbocycles. The Morgan fingerprint density at radius 3 is 2.50 bits per heavy atom. The van der Waals surface area contributed by atoms with E-state index in [-0.39, 0.29) is 11.8 Å². The number of carbonyl (C=O) groups excluding carboxylic acids is 2. The fourth-order valence-corrected chi connectivity index (χ4v) is 2.09. The topological polar surface area (TPSA) is 69.3 Å². The molecule has 1 saturated heterocycles. The van der Waals surface area contributed by atoms with Crippen molar-refractivity contribution >= 4 is 11.8 Å². The van der Waals surface area contributed by atoms with Gasteiger partial charge in [0.05, 0.1) is 6.33 Å². The molecule has 2 amide bonds. The van der Waals surface area contributed by atoms with Gasteiger partial charge in [-0.1, -0.05) is 0 Å². The molecule has 1 fully saturated rings. The summed E-state index contributed by atoms with van der Waals surface area (Å²) in [5.74, 6) is 0.229. The summed E-state index contributed by atoms with van der Waals surface area (Å²) >= 11 is 0. The molecule has 0 atom stereocenters. The van der Waals surface area contributed by atoms with Gasteiger partial charge in [-0.3, -0.25) is 9.59 Å². The fourth-order valence-electron chi connectivity index (χ4n) is 2.09. The van der Waals surface area contributed by atoms with Crippen LogP contribution in [0, 0.1) is 0 Å². The van der Waals surface area contributed by atoms with Crippen molar-refractivity contribution < 1.29 is 9.59 Å². The summed E-state index contributed by atoms with van der Waals surface area (Å²) in [5, 5.41) is 0. The molecule has 0 radical (unpaired) electrons. The maximum Gasteiger partial charge on any atom is 0.223 e. The summed E-state index contributed by atoms with van der Waals surface area (Å²) < 4.78 is 0. The summed E-state index contributed by atoms with van der Waals surface area (Å²) in [4.78, 5) is 33.6. The first-order chi connectivity index (χ1) is 8.66. The van der Waals surface area contributed by atoms with Gasteiger partial charge in [-0.05, 0) is 6.42 Å². The predicted octanol–water partition coefficient (Wildman–Crippen LogP) is 0.0330. The summed E-state index contributed by atoms with van der Waals surface area (Å²) in [6.07, 6.45) is 4.53. The molecule has 0 spiro atoms. The molecule has 0 aromatic carbocycles. The zero-order chi connectivity index (χ0) is 13.0. The average molecular weight is 250 g/mol. The Morgan fingerprint density at radius 2 is 1.94 bits per heavy atom. The standard InChI is InChI=1S/C12H18N4O2/c1-10(17)15-4-6-16(7-5-15)12(18)3-2-11-8-13-9-14-11/h8-9H,2-7H2,1H3,(H,13,14). The molecule has 1 aliphatic heterocycles. The smallest absolute Gasteiger partial charge is 0.223 e. The first-order valence-electron chi connectivity index (χ1n) is 6.17. The molecule has 0 bridgehead atoms. The van der Waals surface area contributed by atoms with Crippen LogP contribution in [-0.2, 0) is 16.0 Å². The number of nitrogens with zero attached hydrogens (tertiary/aromatic N) is 3. The molecule has 1 aromatic heterocycles. The van der Waals surface area contributed by atoms with Crippen molar-refractivity contribution in [3.05, 3.63) is 18.2 Å². The minimum atomic E-state index is 0.0829. The van der Waals surface area contributed by atoms with Crippen molar-refractivity contribution in [3.8, 4) is 0 Å². The van der Waals surface area contributed by atoms with Gasteiger partial charge in [0.25, 0.3) is 0 Å². The lowest BCUT2D eigenvalue weighted by atomic mass is 10.2. The summed E-state index contributed by atoms with van der Waals surface area (Å²) in [7, 11) is 0. The zero-order valence-electron chi connectivity index (χ0n) is 10.6. The number of hydrogen-bond acceptors (Lipinski definition) is 3. The number of nitrogens with one attached hydrogen (secondary N) is 1. The number of carbonyl (C=O) groups is 2. The molecule has 1 N–H and O–H groups in total. The maximum absolute atomic E-state index is 12.0. The molecular formula is C12H18N4O2. The van der Waals surface area contributed by atoms with Crippen molar-refractivity contribution in [1.82, 2.24) is 19.8 Å². The van der Waals surface area contributed by atoms with Crippen LogP contribution in [0.4, 0.5) is 0 Å². The summed E-state index contributed by atoms with van der Waals surface area (Å²) in [6, 6.07) is 0. The van der Waals surface area contributed by atoms with Crippen LogP contribution in [-0.4, -0.2) is 57.8 Å². The van der Waals surface area contributed by atoms with Crippen molar-refractivity contribution in [2.75, 3.05) is 26.2 Å². The Labute approximate surface area is 106 Å². The van der Waals surface area contributed by atoms with E-state index in [0.29, 0.717) is 39.0 Å². The molecule has 2 rings (SSSR count). The van der Waals surface area contributed by atoms with E-state index in [1.54, 1.807) is 24.3 Å². The molecule has 2 heterocycles.